The van der Waals surface area contributed by atoms with Crippen LogP contribution >= 0.6 is 11.6 Å². The van der Waals surface area contributed by atoms with E-state index in [4.69, 9.17) is 11.6 Å². The number of hydrogen-bond donors (Lipinski definition) is 2. The second-order valence-corrected chi connectivity index (χ2v) is 4.43. The van der Waals surface area contributed by atoms with Gasteiger partial charge in [-0.05, 0) is 37.7 Å². The van der Waals surface area contributed by atoms with Gasteiger partial charge in [0, 0.05) is 30.8 Å². The fraction of sp³-hybridized carbons (Fsp3) is 0.462. The van der Waals surface area contributed by atoms with E-state index in [1.807, 2.05) is 37.1 Å². The largest absolute Gasteiger partial charge is 0.362 e. The first-order valence-corrected chi connectivity index (χ1v) is 6.38. The number of benzene rings is 1. The Labute approximate surface area is 113 Å². The summed E-state index contributed by atoms with van der Waals surface area (Å²) >= 11 is 6.01. The molecule has 1 aromatic carbocycles. The lowest BCUT2D eigenvalue weighted by Gasteiger charge is -2.25. The fourth-order valence-electron chi connectivity index (χ4n) is 1.81. The zero-order valence-electron chi connectivity index (χ0n) is 11.1. The van der Waals surface area contributed by atoms with Crippen LogP contribution < -0.4 is 15.5 Å². The molecule has 1 aromatic rings. The molecule has 0 radical (unpaired) electrons. The highest BCUT2D eigenvalue weighted by molar-refractivity contribution is 6.30. The third-order valence-electron chi connectivity index (χ3n) is 2.74. The summed E-state index contributed by atoms with van der Waals surface area (Å²) in [7, 11) is 3.53. The molecule has 1 amide bonds. The second kappa shape index (κ2) is 7.24. The summed E-state index contributed by atoms with van der Waals surface area (Å²) in [5.41, 5.74) is 2.13. The van der Waals surface area contributed by atoms with Gasteiger partial charge >= 0.3 is 0 Å². The van der Waals surface area contributed by atoms with Crippen LogP contribution in [0.1, 0.15) is 12.5 Å². The quantitative estimate of drug-likeness (QED) is 0.825. The van der Waals surface area contributed by atoms with Gasteiger partial charge in [0.05, 0.1) is 6.54 Å². The number of halogens is 1. The van der Waals surface area contributed by atoms with E-state index in [0.29, 0.717) is 11.6 Å². The summed E-state index contributed by atoms with van der Waals surface area (Å²) in [4.78, 5) is 13.5. The van der Waals surface area contributed by atoms with Gasteiger partial charge < -0.3 is 15.5 Å². The molecule has 0 fully saturated rings. The van der Waals surface area contributed by atoms with E-state index in [1.165, 1.54) is 0 Å². The first-order valence-electron chi connectivity index (χ1n) is 6.00. The number of anilines is 1. The molecule has 0 bridgehead atoms. The second-order valence-electron chi connectivity index (χ2n) is 3.99. The van der Waals surface area contributed by atoms with Crippen molar-refractivity contribution in [3.63, 3.8) is 0 Å². The molecule has 100 valence electrons. The molecule has 18 heavy (non-hydrogen) atoms. The van der Waals surface area contributed by atoms with Gasteiger partial charge in [-0.25, -0.2) is 0 Å². The van der Waals surface area contributed by atoms with Crippen LogP contribution in [0.15, 0.2) is 18.2 Å². The lowest BCUT2D eigenvalue weighted by atomic mass is 10.1. The van der Waals surface area contributed by atoms with Gasteiger partial charge in [0.15, 0.2) is 0 Å². The Balaban J connectivity index is 3.00. The van der Waals surface area contributed by atoms with Crippen molar-refractivity contribution in [1.29, 1.82) is 0 Å². The highest BCUT2D eigenvalue weighted by Crippen LogP contribution is 2.24. The van der Waals surface area contributed by atoms with E-state index in [-0.39, 0.29) is 5.91 Å². The van der Waals surface area contributed by atoms with Crippen molar-refractivity contribution in [2.24, 2.45) is 0 Å². The Morgan fingerprint density at radius 1 is 1.39 bits per heavy atom. The summed E-state index contributed by atoms with van der Waals surface area (Å²) < 4.78 is 0. The highest BCUT2D eigenvalue weighted by atomic mass is 35.5. The Morgan fingerprint density at radius 2 is 2.11 bits per heavy atom. The van der Waals surface area contributed by atoms with Crippen LogP contribution in [0.25, 0.3) is 0 Å². The lowest BCUT2D eigenvalue weighted by Crippen LogP contribution is -2.36. The summed E-state index contributed by atoms with van der Waals surface area (Å²) in [5.74, 6) is 0.00204. The number of nitrogens with zero attached hydrogens (tertiary/aromatic N) is 1. The number of amides is 1. The Kier molecular flexibility index (Phi) is 5.95. The molecule has 0 atom stereocenters. The summed E-state index contributed by atoms with van der Waals surface area (Å²) in [6.07, 6.45) is 0. The van der Waals surface area contributed by atoms with Crippen molar-refractivity contribution in [1.82, 2.24) is 10.6 Å². The molecule has 0 aromatic heterocycles. The number of hydrogen-bond acceptors (Lipinski definition) is 3. The van der Waals surface area contributed by atoms with Gasteiger partial charge in [0.2, 0.25) is 5.91 Å². The normalized spacial score (nSPS) is 10.2. The summed E-state index contributed by atoms with van der Waals surface area (Å²) in [6.45, 7) is 3.87. The SMILES string of the molecule is CCN(CC(=O)NC)c1ccc(Cl)cc1CNC. The molecule has 0 spiro atoms. The average molecular weight is 270 g/mol. The molecule has 2 N–H and O–H groups in total. The first-order chi connectivity index (χ1) is 8.62. The number of carbonyl (C=O) groups excluding carboxylic acids is 1. The van der Waals surface area contributed by atoms with Crippen LogP contribution in [0, 0.1) is 0 Å². The van der Waals surface area contributed by atoms with Gasteiger partial charge in [-0.15, -0.1) is 0 Å². The van der Waals surface area contributed by atoms with Crippen LogP contribution in [-0.2, 0) is 11.3 Å². The molecular formula is C13H20ClN3O. The number of carbonyl (C=O) groups is 1. The maximum atomic E-state index is 11.5. The topological polar surface area (TPSA) is 44.4 Å². The van der Waals surface area contributed by atoms with Crippen LogP contribution in [0.4, 0.5) is 5.69 Å². The van der Waals surface area contributed by atoms with E-state index in [2.05, 4.69) is 10.6 Å². The van der Waals surface area contributed by atoms with Crippen molar-refractivity contribution in [2.75, 3.05) is 32.1 Å². The summed E-state index contributed by atoms with van der Waals surface area (Å²) in [6, 6.07) is 5.74. The highest BCUT2D eigenvalue weighted by Gasteiger charge is 2.12. The summed E-state index contributed by atoms with van der Waals surface area (Å²) in [5, 5.41) is 6.46. The molecule has 1 rings (SSSR count). The maximum Gasteiger partial charge on any atom is 0.239 e. The molecule has 0 aliphatic heterocycles. The Hall–Kier alpha value is -1.26. The third kappa shape index (κ3) is 3.89. The Bertz CT molecular complexity index is 409. The van der Waals surface area contributed by atoms with Crippen LogP contribution in [0.2, 0.25) is 5.02 Å². The fourth-order valence-corrected chi connectivity index (χ4v) is 2.01. The predicted molar refractivity (Wildman–Crippen MR) is 76.2 cm³/mol. The van der Waals surface area contributed by atoms with Crippen molar-refractivity contribution in [3.05, 3.63) is 28.8 Å². The van der Waals surface area contributed by atoms with Crippen LogP contribution in [0.5, 0.6) is 0 Å². The van der Waals surface area contributed by atoms with E-state index in [0.717, 1.165) is 24.3 Å². The Morgan fingerprint density at radius 3 is 2.67 bits per heavy atom. The van der Waals surface area contributed by atoms with E-state index < -0.39 is 0 Å². The molecular weight excluding hydrogens is 250 g/mol. The van der Waals surface area contributed by atoms with Gasteiger partial charge in [-0.3, -0.25) is 4.79 Å². The molecule has 0 aliphatic rings. The number of rotatable bonds is 6. The van der Waals surface area contributed by atoms with Crippen LogP contribution in [0.3, 0.4) is 0 Å². The molecule has 5 heteroatoms. The van der Waals surface area contributed by atoms with Gasteiger partial charge in [0.25, 0.3) is 0 Å². The lowest BCUT2D eigenvalue weighted by molar-refractivity contribution is -0.119. The van der Waals surface area contributed by atoms with Crippen molar-refractivity contribution in [3.8, 4) is 0 Å². The van der Waals surface area contributed by atoms with E-state index >= 15 is 0 Å². The maximum absolute atomic E-state index is 11.5. The van der Waals surface area contributed by atoms with Crippen molar-refractivity contribution >= 4 is 23.2 Å². The monoisotopic (exact) mass is 269 g/mol. The molecule has 0 saturated carbocycles. The van der Waals surface area contributed by atoms with E-state index in [9.17, 15) is 4.79 Å². The minimum absolute atomic E-state index is 0.00204. The number of nitrogens with one attached hydrogen (secondary N) is 2. The van der Waals surface area contributed by atoms with Crippen molar-refractivity contribution in [2.45, 2.75) is 13.5 Å². The third-order valence-corrected chi connectivity index (χ3v) is 2.98. The molecule has 0 saturated heterocycles. The standard InChI is InChI=1S/C13H20ClN3O/c1-4-17(9-13(18)16-3)12-6-5-11(14)7-10(12)8-15-2/h5-7,15H,4,8-9H2,1-3H3,(H,16,18). The smallest absolute Gasteiger partial charge is 0.239 e. The molecule has 4 nitrogen and oxygen atoms in total. The minimum atomic E-state index is 0.00204. The van der Waals surface area contributed by atoms with E-state index in [1.54, 1.807) is 7.05 Å². The molecule has 0 aliphatic carbocycles. The van der Waals surface area contributed by atoms with Crippen LogP contribution in [-0.4, -0.2) is 33.1 Å². The van der Waals surface area contributed by atoms with Gasteiger partial charge in [-0.1, -0.05) is 11.6 Å². The number of likely N-dealkylation sites (N-methyl/N-ethyl adjacent to an activating group) is 2. The zero-order valence-corrected chi connectivity index (χ0v) is 11.8. The first kappa shape index (κ1) is 14.8. The zero-order chi connectivity index (χ0) is 13.5. The van der Waals surface area contributed by atoms with Gasteiger partial charge in [0.1, 0.15) is 0 Å². The molecule has 0 heterocycles. The predicted octanol–water partition coefficient (Wildman–Crippen LogP) is 1.63. The van der Waals surface area contributed by atoms with Crippen molar-refractivity contribution < 1.29 is 4.79 Å². The minimum Gasteiger partial charge on any atom is -0.362 e. The average Bonchev–Trinajstić information content (AvgIpc) is 2.37. The van der Waals surface area contributed by atoms with Gasteiger partial charge in [-0.2, -0.15) is 0 Å². The molecule has 0 unspecified atom stereocenters.